The molecule has 2 aliphatic carbocycles. The van der Waals surface area contributed by atoms with Gasteiger partial charge < -0.3 is 15.2 Å². The lowest BCUT2D eigenvalue weighted by Crippen LogP contribution is -2.29. The zero-order valence-corrected chi connectivity index (χ0v) is 20.7. The van der Waals surface area contributed by atoms with Gasteiger partial charge in [-0.05, 0) is 89.5 Å². The van der Waals surface area contributed by atoms with Gasteiger partial charge in [0.15, 0.2) is 0 Å². The molecule has 0 saturated heterocycles. The molecule has 0 unspecified atom stereocenters. The number of carbonyl (C=O) groups excluding carboxylic acids is 2. The van der Waals surface area contributed by atoms with Gasteiger partial charge in [0.05, 0.1) is 5.39 Å². The summed E-state index contributed by atoms with van der Waals surface area (Å²) in [6.07, 6.45) is 10.2. The maximum Gasteiger partial charge on any atom is 0.306 e. The first-order valence-corrected chi connectivity index (χ1v) is 12.9. The number of nitrogens with zero attached hydrogens (tertiary/aromatic N) is 2. The molecule has 0 aromatic carbocycles. The van der Waals surface area contributed by atoms with Crippen molar-refractivity contribution in [3.63, 3.8) is 0 Å². The number of nitrogens with two attached hydrogens (primary N) is 1. The van der Waals surface area contributed by atoms with Crippen LogP contribution in [-0.2, 0) is 20.7 Å². The van der Waals surface area contributed by atoms with E-state index in [9.17, 15) is 9.59 Å². The Kier molecular flexibility index (Phi) is 7.22. The number of esters is 1. The number of primary amides is 1. The summed E-state index contributed by atoms with van der Waals surface area (Å²) in [7, 11) is 0. The molecule has 2 aromatic heterocycles. The zero-order chi connectivity index (χ0) is 23.6. The van der Waals surface area contributed by atoms with Crippen molar-refractivity contribution in [2.75, 3.05) is 0 Å². The summed E-state index contributed by atoms with van der Waals surface area (Å²) in [4.78, 5) is 34.9. The first-order chi connectivity index (χ1) is 15.7. The molecule has 0 aliphatic heterocycles. The number of rotatable bonds is 7. The molecule has 1 saturated carbocycles. The summed E-state index contributed by atoms with van der Waals surface area (Å²) < 4.78 is 11.9. The predicted octanol–water partition coefficient (Wildman–Crippen LogP) is 5.05. The van der Waals surface area contributed by atoms with E-state index in [1.54, 1.807) is 17.7 Å². The number of aryl methyl sites for hydroxylation is 1. The molecule has 0 spiro atoms. The average Bonchev–Trinajstić information content (AvgIpc) is 3.12. The Labute approximate surface area is 199 Å². The van der Waals surface area contributed by atoms with Gasteiger partial charge in [-0.15, -0.1) is 11.3 Å². The van der Waals surface area contributed by atoms with E-state index < -0.39 is 5.60 Å². The van der Waals surface area contributed by atoms with E-state index in [0.717, 1.165) is 61.6 Å². The molecular weight excluding hydrogens is 438 g/mol. The van der Waals surface area contributed by atoms with Crippen molar-refractivity contribution >= 4 is 33.4 Å². The highest BCUT2D eigenvalue weighted by Gasteiger charge is 2.30. The Balaban J connectivity index is 1.44. The van der Waals surface area contributed by atoms with E-state index in [0.29, 0.717) is 30.6 Å². The molecule has 0 radical (unpaired) electrons. The number of aromatic nitrogens is 2. The van der Waals surface area contributed by atoms with E-state index in [4.69, 9.17) is 15.2 Å². The molecule has 0 bridgehead atoms. The molecule has 2 aromatic rings. The van der Waals surface area contributed by atoms with Crippen LogP contribution in [0, 0.1) is 5.92 Å². The van der Waals surface area contributed by atoms with Gasteiger partial charge in [-0.25, -0.2) is 9.97 Å². The van der Waals surface area contributed by atoms with E-state index in [-0.39, 0.29) is 18.0 Å². The highest BCUT2D eigenvalue weighted by molar-refractivity contribution is 7.18. The van der Waals surface area contributed by atoms with Crippen molar-refractivity contribution < 1.29 is 19.1 Å². The van der Waals surface area contributed by atoms with Crippen LogP contribution in [0.1, 0.15) is 94.9 Å². The quantitative estimate of drug-likeness (QED) is 0.565. The number of amides is 1. The maximum absolute atomic E-state index is 12.2. The largest absolute Gasteiger partial charge is 0.474 e. The van der Waals surface area contributed by atoms with Gasteiger partial charge in [-0.2, -0.15) is 0 Å². The lowest BCUT2D eigenvalue weighted by atomic mass is 9.83. The van der Waals surface area contributed by atoms with Crippen molar-refractivity contribution in [1.29, 1.82) is 0 Å². The SMILES string of the molecule is CC(C)(C)OC(=O)CC1CCC(Oc2ncnc3sc4c(c23)[C@@H](CCC(N)=O)CCC4)CC1. The Morgan fingerprint density at radius 3 is 2.61 bits per heavy atom. The van der Waals surface area contributed by atoms with Gasteiger partial charge in [0.25, 0.3) is 0 Å². The topological polar surface area (TPSA) is 104 Å². The minimum absolute atomic E-state index is 0.0844. The minimum atomic E-state index is -0.440. The molecular formula is C25H35N3O4S. The smallest absolute Gasteiger partial charge is 0.306 e. The second kappa shape index (κ2) is 9.95. The number of hydrogen-bond donors (Lipinski definition) is 1. The van der Waals surface area contributed by atoms with Crippen molar-refractivity contribution in [1.82, 2.24) is 9.97 Å². The van der Waals surface area contributed by atoms with E-state index in [1.807, 2.05) is 20.8 Å². The van der Waals surface area contributed by atoms with Crippen molar-refractivity contribution in [3.8, 4) is 5.88 Å². The third-order valence-corrected chi connectivity index (χ3v) is 7.79. The van der Waals surface area contributed by atoms with Crippen LogP contribution in [0.25, 0.3) is 10.2 Å². The fraction of sp³-hybridized carbons (Fsp3) is 0.680. The highest BCUT2D eigenvalue weighted by Crippen LogP contribution is 2.46. The summed E-state index contributed by atoms with van der Waals surface area (Å²) in [5.74, 6) is 0.943. The predicted molar refractivity (Wildman–Crippen MR) is 128 cm³/mol. The minimum Gasteiger partial charge on any atom is -0.474 e. The van der Waals surface area contributed by atoms with Crippen LogP contribution in [0.15, 0.2) is 6.33 Å². The molecule has 8 heteroatoms. The van der Waals surface area contributed by atoms with Crippen molar-refractivity contribution in [2.45, 2.75) is 103 Å². The number of carbonyl (C=O) groups is 2. The van der Waals surface area contributed by atoms with Crippen LogP contribution in [0.4, 0.5) is 0 Å². The average molecular weight is 474 g/mol. The summed E-state index contributed by atoms with van der Waals surface area (Å²) >= 11 is 1.73. The number of hydrogen-bond acceptors (Lipinski definition) is 7. The molecule has 1 atom stereocenters. The highest BCUT2D eigenvalue weighted by atomic mass is 32.1. The molecule has 2 heterocycles. The molecule has 2 aliphatic rings. The van der Waals surface area contributed by atoms with Crippen LogP contribution in [-0.4, -0.2) is 33.5 Å². The molecule has 1 fully saturated rings. The Morgan fingerprint density at radius 1 is 1.15 bits per heavy atom. The molecule has 7 nitrogen and oxygen atoms in total. The lowest BCUT2D eigenvalue weighted by molar-refractivity contribution is -0.156. The Hall–Kier alpha value is -2.22. The third kappa shape index (κ3) is 6.02. The van der Waals surface area contributed by atoms with Crippen LogP contribution < -0.4 is 10.5 Å². The summed E-state index contributed by atoms with van der Waals surface area (Å²) in [6.45, 7) is 5.71. The Morgan fingerprint density at radius 2 is 1.91 bits per heavy atom. The van der Waals surface area contributed by atoms with Crippen molar-refractivity contribution in [3.05, 3.63) is 16.8 Å². The molecule has 33 heavy (non-hydrogen) atoms. The normalized spacial score (nSPS) is 23.2. The third-order valence-electron chi connectivity index (χ3n) is 6.62. The fourth-order valence-electron chi connectivity index (χ4n) is 5.17. The first kappa shape index (κ1) is 23.9. The van der Waals surface area contributed by atoms with Crippen LogP contribution >= 0.6 is 11.3 Å². The molecule has 180 valence electrons. The monoisotopic (exact) mass is 473 g/mol. The Bertz CT molecular complexity index is 1000. The summed E-state index contributed by atoms with van der Waals surface area (Å²) in [6, 6.07) is 0. The van der Waals surface area contributed by atoms with Gasteiger partial charge in [-0.3, -0.25) is 9.59 Å². The maximum atomic E-state index is 12.2. The van der Waals surface area contributed by atoms with Crippen LogP contribution in [0.5, 0.6) is 5.88 Å². The van der Waals surface area contributed by atoms with Crippen LogP contribution in [0.2, 0.25) is 0 Å². The van der Waals surface area contributed by atoms with Crippen LogP contribution in [0.3, 0.4) is 0 Å². The van der Waals surface area contributed by atoms with E-state index >= 15 is 0 Å². The number of thiophene rings is 1. The lowest BCUT2D eigenvalue weighted by Gasteiger charge is -2.29. The van der Waals surface area contributed by atoms with E-state index in [1.165, 1.54) is 10.4 Å². The van der Waals surface area contributed by atoms with Gasteiger partial charge in [0, 0.05) is 17.7 Å². The van der Waals surface area contributed by atoms with Gasteiger partial charge >= 0.3 is 5.97 Å². The second-order valence-electron chi connectivity index (χ2n) is 10.4. The van der Waals surface area contributed by atoms with Gasteiger partial charge in [0.1, 0.15) is 22.9 Å². The van der Waals surface area contributed by atoms with Gasteiger partial charge in [0.2, 0.25) is 11.8 Å². The van der Waals surface area contributed by atoms with E-state index in [2.05, 4.69) is 9.97 Å². The molecule has 1 amide bonds. The standard InChI is InChI=1S/C25H35N3O4S/c1-25(2,3)32-20(30)13-15-7-10-17(11-8-15)31-23-22-21-16(9-12-19(26)29)5-4-6-18(21)33-24(22)28-14-27-23/h14-17H,4-13H2,1-3H3,(H2,26,29)/t15?,16-,17?/m1/s1. The first-order valence-electron chi connectivity index (χ1n) is 12.1. The number of ether oxygens (including phenoxy) is 2. The zero-order valence-electron chi connectivity index (χ0n) is 19.9. The molecule has 4 rings (SSSR count). The van der Waals surface area contributed by atoms with Crippen molar-refractivity contribution in [2.24, 2.45) is 11.7 Å². The molecule has 2 N–H and O–H groups in total. The second-order valence-corrected chi connectivity index (χ2v) is 11.5. The number of fused-ring (bicyclic) bond motifs is 3. The summed E-state index contributed by atoms with van der Waals surface area (Å²) in [5.41, 5.74) is 6.26. The fourth-order valence-corrected chi connectivity index (χ4v) is 6.43. The van der Waals surface area contributed by atoms with Gasteiger partial charge in [-0.1, -0.05) is 0 Å². The summed E-state index contributed by atoms with van der Waals surface area (Å²) in [5, 5.41) is 1.03.